The van der Waals surface area contributed by atoms with Crippen molar-refractivity contribution >= 4 is 0 Å². The van der Waals surface area contributed by atoms with E-state index in [4.69, 9.17) is 9.47 Å². The molecule has 0 aromatic carbocycles. The molecule has 1 heterocycles. The van der Waals surface area contributed by atoms with Gasteiger partial charge in [0.2, 0.25) is 0 Å². The Hall–Kier alpha value is -1.13. The van der Waals surface area contributed by atoms with Crippen LogP contribution in [-0.2, 0) is 11.3 Å². The summed E-state index contributed by atoms with van der Waals surface area (Å²) in [7, 11) is 1.70. The topological polar surface area (TPSA) is 43.4 Å². The van der Waals surface area contributed by atoms with Gasteiger partial charge in [0.15, 0.2) is 0 Å². The molecular formula is C15H26N2O2. The summed E-state index contributed by atoms with van der Waals surface area (Å²) in [6.45, 7) is 7.55. The van der Waals surface area contributed by atoms with Crippen LogP contribution in [0.25, 0.3) is 0 Å². The number of hydrogen-bond donors (Lipinski definition) is 1. The first-order valence-corrected chi connectivity index (χ1v) is 6.99. The lowest BCUT2D eigenvalue weighted by atomic mass is 10.1. The van der Waals surface area contributed by atoms with Crippen LogP contribution in [0, 0.1) is 5.92 Å². The Labute approximate surface area is 116 Å². The molecule has 1 aromatic heterocycles. The Morgan fingerprint density at radius 2 is 2.11 bits per heavy atom. The van der Waals surface area contributed by atoms with Gasteiger partial charge in [0, 0.05) is 20.2 Å². The van der Waals surface area contributed by atoms with E-state index >= 15 is 0 Å². The number of aromatic nitrogens is 1. The van der Waals surface area contributed by atoms with Crippen LogP contribution in [0.3, 0.4) is 0 Å². The Morgan fingerprint density at radius 1 is 1.26 bits per heavy atom. The first-order valence-electron chi connectivity index (χ1n) is 6.99. The lowest BCUT2D eigenvalue weighted by Crippen LogP contribution is -2.19. The molecule has 1 N–H and O–H groups in total. The average molecular weight is 266 g/mol. The third-order valence-corrected chi connectivity index (χ3v) is 2.78. The Morgan fingerprint density at radius 3 is 2.74 bits per heavy atom. The lowest BCUT2D eigenvalue weighted by Gasteiger charge is -2.08. The average Bonchev–Trinajstić information content (AvgIpc) is 2.41. The van der Waals surface area contributed by atoms with Gasteiger partial charge in [-0.2, -0.15) is 0 Å². The van der Waals surface area contributed by atoms with E-state index in [1.165, 1.54) is 6.42 Å². The molecule has 108 valence electrons. The summed E-state index contributed by atoms with van der Waals surface area (Å²) in [6.07, 6.45) is 4.09. The largest absolute Gasteiger partial charge is 0.492 e. The molecule has 1 rings (SSSR count). The second-order valence-corrected chi connectivity index (χ2v) is 5.04. The summed E-state index contributed by atoms with van der Waals surface area (Å²) in [5, 5.41) is 3.26. The molecule has 0 aliphatic carbocycles. The summed E-state index contributed by atoms with van der Waals surface area (Å²) in [5.74, 6) is 1.59. The van der Waals surface area contributed by atoms with Gasteiger partial charge in [0.25, 0.3) is 0 Å². The van der Waals surface area contributed by atoms with E-state index in [-0.39, 0.29) is 0 Å². The highest BCUT2D eigenvalue weighted by molar-refractivity contribution is 5.19. The minimum atomic E-state index is 0.719. The molecular weight excluding hydrogens is 240 g/mol. The summed E-state index contributed by atoms with van der Waals surface area (Å²) >= 11 is 0. The molecule has 4 nitrogen and oxygen atoms in total. The molecule has 0 bridgehead atoms. The van der Waals surface area contributed by atoms with Gasteiger partial charge in [-0.1, -0.05) is 13.8 Å². The minimum Gasteiger partial charge on any atom is -0.492 e. The van der Waals surface area contributed by atoms with Crippen molar-refractivity contribution in [1.29, 1.82) is 0 Å². The quantitative estimate of drug-likeness (QED) is 0.661. The van der Waals surface area contributed by atoms with Crippen molar-refractivity contribution in [2.45, 2.75) is 33.2 Å². The molecule has 0 amide bonds. The molecule has 19 heavy (non-hydrogen) atoms. The van der Waals surface area contributed by atoms with Crippen LogP contribution >= 0.6 is 0 Å². The van der Waals surface area contributed by atoms with Gasteiger partial charge in [-0.3, -0.25) is 4.98 Å². The van der Waals surface area contributed by atoms with E-state index in [9.17, 15) is 0 Å². The van der Waals surface area contributed by atoms with Gasteiger partial charge in [0.05, 0.1) is 25.1 Å². The van der Waals surface area contributed by atoms with E-state index < -0.39 is 0 Å². The maximum absolute atomic E-state index is 5.65. The van der Waals surface area contributed by atoms with Crippen LogP contribution in [0.15, 0.2) is 18.3 Å². The number of rotatable bonds is 10. The number of nitrogens with one attached hydrogen (secondary N) is 1. The Kier molecular flexibility index (Phi) is 8.18. The summed E-state index contributed by atoms with van der Waals surface area (Å²) in [5.41, 5.74) is 1.02. The number of hydrogen-bond acceptors (Lipinski definition) is 4. The molecule has 0 aliphatic rings. The molecule has 1 aromatic rings. The van der Waals surface area contributed by atoms with Crippen molar-refractivity contribution < 1.29 is 9.47 Å². The highest BCUT2D eigenvalue weighted by Crippen LogP contribution is 2.11. The highest BCUT2D eigenvalue weighted by atomic mass is 16.5. The lowest BCUT2D eigenvalue weighted by molar-refractivity contribution is 0.199. The van der Waals surface area contributed by atoms with Crippen molar-refractivity contribution in [2.75, 3.05) is 26.9 Å². The van der Waals surface area contributed by atoms with Crippen molar-refractivity contribution in [3.05, 3.63) is 24.0 Å². The third-order valence-electron chi connectivity index (χ3n) is 2.78. The number of ether oxygens (including phenoxy) is 2. The minimum absolute atomic E-state index is 0.719. The zero-order valence-electron chi connectivity index (χ0n) is 12.3. The Balaban J connectivity index is 2.19. The first kappa shape index (κ1) is 15.9. The van der Waals surface area contributed by atoms with Crippen LogP contribution in [0.4, 0.5) is 0 Å². The molecule has 0 atom stereocenters. The molecule has 0 spiro atoms. The standard InChI is InChI=1S/C15H26N2O2/c1-13(2)5-4-9-19-15-7-6-14(17-12-15)11-16-8-10-18-3/h6-7,12-13,16H,4-5,8-11H2,1-3H3. The zero-order valence-corrected chi connectivity index (χ0v) is 12.3. The summed E-state index contributed by atoms with van der Waals surface area (Å²) in [6, 6.07) is 3.98. The summed E-state index contributed by atoms with van der Waals surface area (Å²) < 4.78 is 10.6. The van der Waals surface area contributed by atoms with Crippen LogP contribution in [0.2, 0.25) is 0 Å². The molecule has 0 unspecified atom stereocenters. The SMILES string of the molecule is COCCNCc1ccc(OCCCC(C)C)cn1. The fourth-order valence-corrected chi connectivity index (χ4v) is 1.67. The van der Waals surface area contributed by atoms with Crippen molar-refractivity contribution in [3.63, 3.8) is 0 Å². The predicted molar refractivity (Wildman–Crippen MR) is 77.4 cm³/mol. The fourth-order valence-electron chi connectivity index (χ4n) is 1.67. The normalized spacial score (nSPS) is 10.9. The second-order valence-electron chi connectivity index (χ2n) is 5.04. The van der Waals surface area contributed by atoms with Gasteiger partial charge in [-0.05, 0) is 30.9 Å². The van der Waals surface area contributed by atoms with Gasteiger partial charge >= 0.3 is 0 Å². The first-order chi connectivity index (χ1) is 9.22. The highest BCUT2D eigenvalue weighted by Gasteiger charge is 1.98. The van der Waals surface area contributed by atoms with E-state index in [0.29, 0.717) is 0 Å². The van der Waals surface area contributed by atoms with Crippen LogP contribution < -0.4 is 10.1 Å². The van der Waals surface area contributed by atoms with E-state index in [1.54, 1.807) is 13.3 Å². The van der Waals surface area contributed by atoms with Gasteiger partial charge < -0.3 is 14.8 Å². The molecule has 0 saturated carbocycles. The van der Waals surface area contributed by atoms with Crippen molar-refractivity contribution in [3.8, 4) is 5.75 Å². The number of pyridine rings is 1. The van der Waals surface area contributed by atoms with E-state index in [2.05, 4.69) is 24.1 Å². The Bertz CT molecular complexity index is 325. The maximum Gasteiger partial charge on any atom is 0.137 e. The number of methoxy groups -OCH3 is 1. The van der Waals surface area contributed by atoms with Gasteiger partial charge in [-0.25, -0.2) is 0 Å². The maximum atomic E-state index is 5.65. The fraction of sp³-hybridized carbons (Fsp3) is 0.667. The van der Waals surface area contributed by atoms with E-state index in [1.807, 2.05) is 12.1 Å². The van der Waals surface area contributed by atoms with Gasteiger partial charge in [0.1, 0.15) is 5.75 Å². The smallest absolute Gasteiger partial charge is 0.137 e. The summed E-state index contributed by atoms with van der Waals surface area (Å²) in [4.78, 5) is 4.36. The zero-order chi connectivity index (χ0) is 13.9. The third kappa shape index (κ3) is 7.80. The van der Waals surface area contributed by atoms with Crippen LogP contribution in [-0.4, -0.2) is 31.9 Å². The van der Waals surface area contributed by atoms with Crippen LogP contribution in [0.1, 0.15) is 32.4 Å². The van der Waals surface area contributed by atoms with Crippen molar-refractivity contribution in [1.82, 2.24) is 10.3 Å². The van der Waals surface area contributed by atoms with Crippen LogP contribution in [0.5, 0.6) is 5.75 Å². The predicted octanol–water partition coefficient (Wildman–Crippen LogP) is 2.63. The number of nitrogens with zero attached hydrogens (tertiary/aromatic N) is 1. The molecule has 0 radical (unpaired) electrons. The van der Waals surface area contributed by atoms with E-state index in [0.717, 1.165) is 50.1 Å². The molecule has 4 heteroatoms. The van der Waals surface area contributed by atoms with Crippen molar-refractivity contribution in [2.24, 2.45) is 5.92 Å². The molecule has 0 aliphatic heterocycles. The second kappa shape index (κ2) is 9.75. The molecule has 0 fully saturated rings. The monoisotopic (exact) mass is 266 g/mol. The van der Waals surface area contributed by atoms with Gasteiger partial charge in [-0.15, -0.1) is 0 Å². The molecule has 0 saturated heterocycles.